The smallest absolute Gasteiger partial charge is 0.326 e. The highest BCUT2D eigenvalue weighted by Crippen LogP contribution is 2.26. The van der Waals surface area contributed by atoms with Crippen molar-refractivity contribution in [3.8, 4) is 0 Å². The van der Waals surface area contributed by atoms with Gasteiger partial charge in [0, 0.05) is 12.1 Å². The molecule has 2 N–H and O–H groups in total. The van der Waals surface area contributed by atoms with Crippen LogP contribution >= 0.6 is 0 Å². The molecule has 0 aromatic heterocycles. The van der Waals surface area contributed by atoms with Gasteiger partial charge in [0.2, 0.25) is 0 Å². The van der Waals surface area contributed by atoms with Crippen LogP contribution in [0.2, 0.25) is 0 Å². The Balaban J connectivity index is 2.87. The molecule has 2 nitrogen and oxygen atoms in total. The molecule has 0 saturated carbocycles. The summed E-state index contributed by atoms with van der Waals surface area (Å²) in [5.41, 5.74) is 6.58. The van der Waals surface area contributed by atoms with E-state index in [1.165, 1.54) is 11.9 Å². The van der Waals surface area contributed by atoms with Crippen LogP contribution in [0.1, 0.15) is 18.5 Å². The van der Waals surface area contributed by atoms with E-state index < -0.39 is 18.8 Å². The van der Waals surface area contributed by atoms with Crippen molar-refractivity contribution < 1.29 is 13.2 Å². The SMILES string of the molecule is CC(N)C(c1ccccc1)N(C)CC(F)(F)F. The summed E-state index contributed by atoms with van der Waals surface area (Å²) < 4.78 is 37.1. The molecular weight excluding hydrogens is 229 g/mol. The number of halogens is 3. The van der Waals surface area contributed by atoms with Crippen LogP contribution in [0, 0.1) is 0 Å². The molecule has 96 valence electrons. The Labute approximate surface area is 99.2 Å². The van der Waals surface area contributed by atoms with E-state index in [2.05, 4.69) is 0 Å². The lowest BCUT2D eigenvalue weighted by Crippen LogP contribution is -2.41. The molecule has 17 heavy (non-hydrogen) atoms. The van der Waals surface area contributed by atoms with Gasteiger partial charge in [0.1, 0.15) is 0 Å². The Kier molecular flexibility index (Phi) is 4.54. The summed E-state index contributed by atoms with van der Waals surface area (Å²) >= 11 is 0. The first-order valence-electron chi connectivity index (χ1n) is 5.39. The predicted molar refractivity (Wildman–Crippen MR) is 61.5 cm³/mol. The molecule has 0 saturated heterocycles. The van der Waals surface area contributed by atoms with Crippen LogP contribution in [0.3, 0.4) is 0 Å². The maximum absolute atomic E-state index is 12.4. The highest BCUT2D eigenvalue weighted by atomic mass is 19.4. The highest BCUT2D eigenvalue weighted by molar-refractivity contribution is 5.20. The number of hydrogen-bond acceptors (Lipinski definition) is 2. The molecule has 5 heteroatoms. The van der Waals surface area contributed by atoms with Crippen molar-refractivity contribution >= 4 is 0 Å². The summed E-state index contributed by atoms with van der Waals surface area (Å²) in [5, 5.41) is 0. The van der Waals surface area contributed by atoms with Gasteiger partial charge in [-0.15, -0.1) is 0 Å². The molecule has 2 unspecified atom stereocenters. The van der Waals surface area contributed by atoms with Gasteiger partial charge >= 0.3 is 6.18 Å². The Hall–Kier alpha value is -1.07. The van der Waals surface area contributed by atoms with Crippen LogP contribution < -0.4 is 5.73 Å². The van der Waals surface area contributed by atoms with Crippen molar-refractivity contribution in [2.24, 2.45) is 5.73 Å². The third-order valence-corrected chi connectivity index (χ3v) is 2.54. The van der Waals surface area contributed by atoms with Crippen LogP contribution in [0.25, 0.3) is 0 Å². The minimum absolute atomic E-state index is 0.371. The minimum Gasteiger partial charge on any atom is -0.326 e. The molecule has 1 rings (SSSR count). The fourth-order valence-electron chi connectivity index (χ4n) is 1.99. The first-order chi connectivity index (χ1) is 7.81. The summed E-state index contributed by atoms with van der Waals surface area (Å²) in [6, 6.07) is 8.20. The largest absolute Gasteiger partial charge is 0.401 e. The Bertz CT molecular complexity index is 335. The molecule has 2 atom stereocenters. The topological polar surface area (TPSA) is 29.3 Å². The van der Waals surface area contributed by atoms with Crippen LogP contribution in [-0.2, 0) is 0 Å². The van der Waals surface area contributed by atoms with E-state index in [0.29, 0.717) is 0 Å². The zero-order valence-electron chi connectivity index (χ0n) is 9.91. The van der Waals surface area contributed by atoms with Crippen molar-refractivity contribution in [3.05, 3.63) is 35.9 Å². The monoisotopic (exact) mass is 246 g/mol. The van der Waals surface area contributed by atoms with E-state index in [0.717, 1.165) is 5.56 Å². The second-order valence-electron chi connectivity index (χ2n) is 4.24. The van der Waals surface area contributed by atoms with E-state index in [1.54, 1.807) is 31.2 Å². The lowest BCUT2D eigenvalue weighted by Gasteiger charge is -2.31. The number of alkyl halides is 3. The summed E-state index contributed by atoms with van der Waals surface area (Å²) in [6.07, 6.45) is -4.21. The van der Waals surface area contributed by atoms with Gasteiger partial charge < -0.3 is 5.73 Å². The van der Waals surface area contributed by atoms with E-state index >= 15 is 0 Å². The van der Waals surface area contributed by atoms with E-state index in [1.807, 2.05) is 6.07 Å². The van der Waals surface area contributed by atoms with Gasteiger partial charge in [0.15, 0.2) is 0 Å². The summed E-state index contributed by atoms with van der Waals surface area (Å²) in [6.45, 7) is 0.749. The Morgan fingerprint density at radius 3 is 2.18 bits per heavy atom. The summed E-state index contributed by atoms with van der Waals surface area (Å²) in [7, 11) is 1.44. The zero-order valence-corrected chi connectivity index (χ0v) is 9.91. The van der Waals surface area contributed by atoms with Crippen LogP contribution in [0.5, 0.6) is 0 Å². The van der Waals surface area contributed by atoms with Crippen molar-refractivity contribution in [2.75, 3.05) is 13.6 Å². The maximum Gasteiger partial charge on any atom is 0.401 e. The maximum atomic E-state index is 12.4. The van der Waals surface area contributed by atoms with Gasteiger partial charge in [0.25, 0.3) is 0 Å². The lowest BCUT2D eigenvalue weighted by molar-refractivity contribution is -0.148. The average molecular weight is 246 g/mol. The number of benzene rings is 1. The average Bonchev–Trinajstić information content (AvgIpc) is 2.15. The van der Waals surface area contributed by atoms with Crippen molar-refractivity contribution in [2.45, 2.75) is 25.2 Å². The third-order valence-electron chi connectivity index (χ3n) is 2.54. The third kappa shape index (κ3) is 4.36. The fraction of sp³-hybridized carbons (Fsp3) is 0.500. The Morgan fingerprint density at radius 1 is 1.24 bits per heavy atom. The molecular formula is C12H17F3N2. The molecule has 0 amide bonds. The molecule has 0 radical (unpaired) electrons. The fourth-order valence-corrected chi connectivity index (χ4v) is 1.99. The number of nitrogens with zero attached hydrogens (tertiary/aromatic N) is 1. The molecule has 0 aliphatic heterocycles. The van der Waals surface area contributed by atoms with Crippen LogP contribution in [0.15, 0.2) is 30.3 Å². The van der Waals surface area contributed by atoms with Gasteiger partial charge in [-0.05, 0) is 19.5 Å². The van der Waals surface area contributed by atoms with Gasteiger partial charge in [-0.1, -0.05) is 30.3 Å². The lowest BCUT2D eigenvalue weighted by atomic mass is 10.00. The van der Waals surface area contributed by atoms with Gasteiger partial charge in [-0.25, -0.2) is 0 Å². The van der Waals surface area contributed by atoms with Gasteiger partial charge in [-0.2, -0.15) is 13.2 Å². The van der Waals surface area contributed by atoms with E-state index in [-0.39, 0.29) is 6.04 Å². The number of hydrogen-bond donors (Lipinski definition) is 1. The first kappa shape index (κ1) is 14.0. The second-order valence-corrected chi connectivity index (χ2v) is 4.24. The van der Waals surface area contributed by atoms with Crippen molar-refractivity contribution in [1.82, 2.24) is 4.90 Å². The molecule has 0 bridgehead atoms. The molecule has 0 spiro atoms. The van der Waals surface area contributed by atoms with Gasteiger partial charge in [-0.3, -0.25) is 4.90 Å². The second kappa shape index (κ2) is 5.51. The first-order valence-corrected chi connectivity index (χ1v) is 5.39. The number of likely N-dealkylation sites (N-methyl/N-ethyl adjacent to an activating group) is 1. The van der Waals surface area contributed by atoms with E-state index in [9.17, 15) is 13.2 Å². The highest BCUT2D eigenvalue weighted by Gasteiger charge is 2.33. The Morgan fingerprint density at radius 2 is 1.76 bits per heavy atom. The molecule has 0 heterocycles. The van der Waals surface area contributed by atoms with Crippen LogP contribution in [-0.4, -0.2) is 30.7 Å². The standard InChI is InChI=1S/C12H17F3N2/c1-9(16)11(10-6-4-3-5-7-10)17(2)8-12(13,14)15/h3-7,9,11H,8,16H2,1-2H3. The molecule has 0 aliphatic rings. The van der Waals surface area contributed by atoms with Crippen molar-refractivity contribution in [1.29, 1.82) is 0 Å². The minimum atomic E-state index is -4.21. The van der Waals surface area contributed by atoms with Crippen molar-refractivity contribution in [3.63, 3.8) is 0 Å². The predicted octanol–water partition coefficient (Wildman–Crippen LogP) is 2.57. The van der Waals surface area contributed by atoms with E-state index in [4.69, 9.17) is 5.73 Å². The normalized spacial score (nSPS) is 15.9. The molecule has 0 fully saturated rings. The summed E-state index contributed by atoms with van der Waals surface area (Å²) in [4.78, 5) is 1.24. The zero-order chi connectivity index (χ0) is 13.1. The van der Waals surface area contributed by atoms with Gasteiger partial charge in [0.05, 0.1) is 6.54 Å². The quantitative estimate of drug-likeness (QED) is 0.884. The summed E-state index contributed by atoms with van der Waals surface area (Å²) in [5.74, 6) is 0. The van der Waals surface area contributed by atoms with Crippen LogP contribution in [0.4, 0.5) is 13.2 Å². The number of nitrogens with two attached hydrogens (primary N) is 1. The molecule has 1 aromatic rings. The molecule has 0 aliphatic carbocycles. The molecule has 1 aromatic carbocycles. The number of rotatable bonds is 4.